The van der Waals surface area contributed by atoms with Gasteiger partial charge in [0.1, 0.15) is 23.7 Å². The Morgan fingerprint density at radius 2 is 1.88 bits per heavy atom. The van der Waals surface area contributed by atoms with Crippen molar-refractivity contribution in [2.75, 3.05) is 12.0 Å². The van der Waals surface area contributed by atoms with E-state index in [1.807, 2.05) is 48.1 Å². The lowest BCUT2D eigenvalue weighted by atomic mass is 10.1. The van der Waals surface area contributed by atoms with Crippen molar-refractivity contribution in [1.82, 2.24) is 20.2 Å². The summed E-state index contributed by atoms with van der Waals surface area (Å²) in [5, 5.41) is 5.68. The summed E-state index contributed by atoms with van der Waals surface area (Å²) in [5.74, 6) is 0.698. The fourth-order valence-electron chi connectivity index (χ4n) is 3.81. The molecule has 9 nitrogen and oxygen atoms in total. The average molecular weight is 447 g/mol. The molecular formula is C24H25N5O4. The Bertz CT molecular complexity index is 1140. The van der Waals surface area contributed by atoms with Crippen LogP contribution in [0, 0.1) is 0 Å². The van der Waals surface area contributed by atoms with Crippen LogP contribution in [0.25, 0.3) is 0 Å². The highest BCUT2D eigenvalue weighted by Crippen LogP contribution is 2.24. The molecule has 1 fully saturated rings. The third-order valence-electron chi connectivity index (χ3n) is 5.56. The molecule has 2 aromatic carbocycles. The maximum Gasteiger partial charge on any atom is 0.329 e. The summed E-state index contributed by atoms with van der Waals surface area (Å²) in [4.78, 5) is 43.5. The van der Waals surface area contributed by atoms with Crippen LogP contribution in [-0.2, 0) is 16.6 Å². The number of nitrogens with zero attached hydrogens (tertiary/aromatic N) is 3. The zero-order valence-electron chi connectivity index (χ0n) is 18.4. The van der Waals surface area contributed by atoms with Crippen LogP contribution in [0.4, 0.5) is 10.5 Å². The number of benzene rings is 2. The van der Waals surface area contributed by atoms with Crippen LogP contribution < -0.4 is 20.3 Å². The van der Waals surface area contributed by atoms with Gasteiger partial charge >= 0.3 is 6.03 Å². The molecule has 1 aliphatic heterocycles. The van der Waals surface area contributed by atoms with E-state index in [0.29, 0.717) is 17.3 Å². The van der Waals surface area contributed by atoms with Crippen LogP contribution in [0.15, 0.2) is 67.0 Å². The summed E-state index contributed by atoms with van der Waals surface area (Å²) in [7, 11) is 3.41. The van der Waals surface area contributed by atoms with Crippen molar-refractivity contribution in [1.29, 1.82) is 0 Å². The molecule has 0 saturated carbocycles. The normalized spacial score (nSPS) is 16.4. The average Bonchev–Trinajstić information content (AvgIpc) is 3.38. The fraction of sp³-hybridized carbons (Fsp3) is 0.250. The van der Waals surface area contributed by atoms with Crippen LogP contribution >= 0.6 is 0 Å². The first-order chi connectivity index (χ1) is 16.0. The number of hydrogen-bond acceptors (Lipinski definition) is 5. The Balaban J connectivity index is 1.41. The third kappa shape index (κ3) is 4.72. The van der Waals surface area contributed by atoms with Crippen molar-refractivity contribution < 1.29 is 19.1 Å². The number of aromatic nitrogens is 2. The summed E-state index contributed by atoms with van der Waals surface area (Å²) in [5.41, 5.74) is 1.35. The molecule has 33 heavy (non-hydrogen) atoms. The maximum absolute atomic E-state index is 12.8. The summed E-state index contributed by atoms with van der Waals surface area (Å²) >= 11 is 0. The number of imide groups is 1. The van der Waals surface area contributed by atoms with Crippen LogP contribution in [0.1, 0.15) is 30.3 Å². The van der Waals surface area contributed by atoms with E-state index < -0.39 is 18.1 Å². The number of anilines is 1. The van der Waals surface area contributed by atoms with Gasteiger partial charge in [-0.1, -0.05) is 30.3 Å². The molecule has 1 aliphatic rings. The quantitative estimate of drug-likeness (QED) is 0.517. The van der Waals surface area contributed by atoms with Gasteiger partial charge in [0.2, 0.25) is 5.91 Å². The molecular weight excluding hydrogens is 422 g/mol. The van der Waals surface area contributed by atoms with E-state index in [0.717, 1.165) is 10.5 Å². The number of carbonyl (C=O) groups is 3. The Hall–Kier alpha value is -4.14. The van der Waals surface area contributed by atoms with Crippen molar-refractivity contribution in [3.05, 3.63) is 78.4 Å². The summed E-state index contributed by atoms with van der Waals surface area (Å²) < 4.78 is 6.97. The molecule has 0 unspecified atom stereocenters. The molecule has 9 heteroatoms. The zero-order valence-corrected chi connectivity index (χ0v) is 18.4. The third-order valence-corrected chi connectivity index (χ3v) is 5.56. The number of amides is 4. The lowest BCUT2D eigenvalue weighted by Crippen LogP contribution is -2.34. The Morgan fingerprint density at radius 1 is 1.15 bits per heavy atom. The van der Waals surface area contributed by atoms with Crippen molar-refractivity contribution in [2.45, 2.75) is 24.9 Å². The minimum Gasteiger partial charge on any atom is -0.497 e. The number of hydrogen-bond donors (Lipinski definition) is 2. The van der Waals surface area contributed by atoms with E-state index in [-0.39, 0.29) is 24.7 Å². The number of imidazole rings is 1. The van der Waals surface area contributed by atoms with E-state index in [1.165, 1.54) is 0 Å². The molecule has 0 bridgehead atoms. The predicted octanol–water partition coefficient (Wildman–Crippen LogP) is 2.54. The second-order valence-electron chi connectivity index (χ2n) is 7.72. The number of carbonyl (C=O) groups excluding carboxylic acids is 3. The SMILES string of the molecule is COc1ccc(N2C(=O)N[C@@H](CCC(=O)N[C@H](c3ccccc3)c3nccn3C)C2=O)cc1. The number of ether oxygens (including phenoxy) is 1. The van der Waals surface area contributed by atoms with Gasteiger partial charge in [-0.15, -0.1) is 0 Å². The van der Waals surface area contributed by atoms with E-state index in [4.69, 9.17) is 4.74 Å². The number of methoxy groups -OCH3 is 1. The van der Waals surface area contributed by atoms with Crippen molar-refractivity contribution in [3.63, 3.8) is 0 Å². The summed E-state index contributed by atoms with van der Waals surface area (Å²) in [6.45, 7) is 0. The first-order valence-corrected chi connectivity index (χ1v) is 10.6. The van der Waals surface area contributed by atoms with E-state index in [9.17, 15) is 14.4 Å². The number of rotatable bonds is 8. The van der Waals surface area contributed by atoms with Crippen molar-refractivity contribution in [3.8, 4) is 5.75 Å². The molecule has 1 aromatic heterocycles. The standard InChI is InChI=1S/C24H25N5O4/c1-28-15-14-25-22(28)21(16-6-4-3-5-7-16)27-20(30)13-12-19-23(31)29(24(32)26-19)17-8-10-18(33-2)11-9-17/h3-11,14-15,19,21H,12-13H2,1-2H3,(H,26,32)(H,27,30)/t19-,21+/m0/s1. The second kappa shape index (κ2) is 9.56. The monoisotopic (exact) mass is 447 g/mol. The van der Waals surface area contributed by atoms with Crippen LogP contribution in [0.2, 0.25) is 0 Å². The Labute approximate surface area is 191 Å². The molecule has 4 amide bonds. The number of aryl methyl sites for hydroxylation is 1. The second-order valence-corrected chi connectivity index (χ2v) is 7.72. The van der Waals surface area contributed by atoms with Gasteiger partial charge in [0.15, 0.2) is 0 Å². The van der Waals surface area contributed by atoms with Gasteiger partial charge in [-0.05, 0) is 36.2 Å². The Kier molecular flexibility index (Phi) is 6.39. The molecule has 3 aromatic rings. The zero-order chi connectivity index (χ0) is 23.4. The highest BCUT2D eigenvalue weighted by Gasteiger charge is 2.39. The maximum atomic E-state index is 12.8. The smallest absolute Gasteiger partial charge is 0.329 e. The topological polar surface area (TPSA) is 106 Å². The molecule has 2 N–H and O–H groups in total. The van der Waals surface area contributed by atoms with Gasteiger partial charge < -0.3 is 19.9 Å². The number of urea groups is 1. The Morgan fingerprint density at radius 3 is 2.52 bits per heavy atom. The van der Waals surface area contributed by atoms with Gasteiger partial charge in [-0.2, -0.15) is 0 Å². The fourth-order valence-corrected chi connectivity index (χ4v) is 3.81. The first-order valence-electron chi connectivity index (χ1n) is 10.6. The van der Waals surface area contributed by atoms with Crippen LogP contribution in [-0.4, -0.2) is 40.5 Å². The van der Waals surface area contributed by atoms with Crippen molar-refractivity contribution >= 4 is 23.5 Å². The predicted molar refractivity (Wildman–Crippen MR) is 122 cm³/mol. The number of nitrogens with one attached hydrogen (secondary N) is 2. The summed E-state index contributed by atoms with van der Waals surface area (Å²) in [6, 6.07) is 14.5. The molecule has 0 spiro atoms. The minimum absolute atomic E-state index is 0.0703. The van der Waals surface area contributed by atoms with Gasteiger partial charge in [0, 0.05) is 25.9 Å². The molecule has 0 aliphatic carbocycles. The van der Waals surface area contributed by atoms with Crippen LogP contribution in [0.5, 0.6) is 5.75 Å². The highest BCUT2D eigenvalue weighted by molar-refractivity contribution is 6.21. The highest BCUT2D eigenvalue weighted by atomic mass is 16.5. The van der Waals surface area contributed by atoms with Gasteiger partial charge in [0.25, 0.3) is 5.91 Å². The largest absolute Gasteiger partial charge is 0.497 e. The van der Waals surface area contributed by atoms with E-state index in [1.54, 1.807) is 37.6 Å². The minimum atomic E-state index is -0.770. The van der Waals surface area contributed by atoms with Gasteiger partial charge in [0.05, 0.1) is 12.8 Å². The first kappa shape index (κ1) is 22.1. The van der Waals surface area contributed by atoms with Gasteiger partial charge in [-0.3, -0.25) is 9.59 Å². The molecule has 0 radical (unpaired) electrons. The molecule has 170 valence electrons. The lowest BCUT2D eigenvalue weighted by molar-refractivity contribution is -0.122. The van der Waals surface area contributed by atoms with Crippen LogP contribution in [0.3, 0.4) is 0 Å². The van der Waals surface area contributed by atoms with E-state index >= 15 is 0 Å². The lowest BCUT2D eigenvalue weighted by Gasteiger charge is -2.19. The summed E-state index contributed by atoms with van der Waals surface area (Å²) in [6.07, 6.45) is 3.75. The van der Waals surface area contributed by atoms with E-state index in [2.05, 4.69) is 15.6 Å². The molecule has 4 rings (SSSR count). The molecule has 2 heterocycles. The van der Waals surface area contributed by atoms with Crippen molar-refractivity contribution in [2.24, 2.45) is 7.05 Å². The van der Waals surface area contributed by atoms with Gasteiger partial charge in [-0.25, -0.2) is 14.7 Å². The molecule has 1 saturated heterocycles. The molecule has 2 atom stereocenters.